The van der Waals surface area contributed by atoms with E-state index < -0.39 is 22.5 Å². The molecule has 0 fully saturated rings. The number of para-hydroxylation sites is 2. The van der Waals surface area contributed by atoms with E-state index in [0.717, 1.165) is 4.31 Å². The minimum absolute atomic E-state index is 0.00286. The van der Waals surface area contributed by atoms with Gasteiger partial charge in [-0.15, -0.1) is 0 Å². The number of hydrazone groups is 1. The molecule has 0 aromatic heterocycles. The van der Waals surface area contributed by atoms with Gasteiger partial charge in [0.15, 0.2) is 6.61 Å². The number of rotatable bonds is 11. The predicted octanol–water partition coefficient (Wildman–Crippen LogP) is 4.70. The molecule has 0 unspecified atom stereocenters. The second-order valence-corrected chi connectivity index (χ2v) is 10.7. The number of sulfonamides is 1. The molecular formula is C29H25ClN4O5S. The summed E-state index contributed by atoms with van der Waals surface area (Å²) in [4.78, 5) is 24.7. The van der Waals surface area contributed by atoms with Gasteiger partial charge < -0.3 is 10.1 Å². The molecule has 4 rings (SSSR count). The molecule has 0 aliphatic rings. The highest BCUT2D eigenvalue weighted by molar-refractivity contribution is 7.92. The van der Waals surface area contributed by atoms with Crippen molar-refractivity contribution in [2.75, 3.05) is 22.8 Å². The van der Waals surface area contributed by atoms with Crippen LogP contribution < -0.4 is 19.8 Å². The number of amides is 2. The van der Waals surface area contributed by atoms with E-state index in [0.29, 0.717) is 27.7 Å². The molecule has 40 heavy (non-hydrogen) atoms. The highest BCUT2D eigenvalue weighted by atomic mass is 35.5. The molecule has 0 heterocycles. The number of ether oxygens (including phenoxy) is 1. The fourth-order valence-corrected chi connectivity index (χ4v) is 5.05. The first-order valence-electron chi connectivity index (χ1n) is 12.0. The Balaban J connectivity index is 1.33. The maximum absolute atomic E-state index is 13.3. The molecule has 0 spiro atoms. The lowest BCUT2D eigenvalue weighted by Crippen LogP contribution is -2.39. The third-order valence-electron chi connectivity index (χ3n) is 5.44. The van der Waals surface area contributed by atoms with Gasteiger partial charge in [0.25, 0.3) is 21.8 Å². The van der Waals surface area contributed by atoms with Gasteiger partial charge in [-0.05, 0) is 78.4 Å². The first-order valence-corrected chi connectivity index (χ1v) is 13.9. The molecule has 11 heteroatoms. The van der Waals surface area contributed by atoms with E-state index in [1.165, 1.54) is 30.5 Å². The van der Waals surface area contributed by atoms with Crippen LogP contribution in [0.2, 0.25) is 5.02 Å². The number of nitrogens with zero attached hydrogens (tertiary/aromatic N) is 2. The van der Waals surface area contributed by atoms with E-state index in [9.17, 15) is 18.0 Å². The van der Waals surface area contributed by atoms with Crippen LogP contribution in [0.4, 0.5) is 11.4 Å². The smallest absolute Gasteiger partial charge is 0.264 e. The Hall–Kier alpha value is -4.67. The number of hydrogen-bond acceptors (Lipinski definition) is 6. The molecule has 0 bridgehead atoms. The van der Waals surface area contributed by atoms with Crippen LogP contribution >= 0.6 is 11.6 Å². The van der Waals surface area contributed by atoms with Gasteiger partial charge in [-0.1, -0.05) is 48.0 Å². The molecule has 0 atom stereocenters. The zero-order valence-electron chi connectivity index (χ0n) is 21.1. The average molecular weight is 577 g/mol. The van der Waals surface area contributed by atoms with E-state index in [2.05, 4.69) is 15.8 Å². The van der Waals surface area contributed by atoms with Crippen molar-refractivity contribution in [3.63, 3.8) is 0 Å². The Morgan fingerprint density at radius 3 is 2.10 bits per heavy atom. The van der Waals surface area contributed by atoms with Gasteiger partial charge in [0.05, 0.1) is 16.8 Å². The minimum Gasteiger partial charge on any atom is -0.484 e. The molecule has 204 valence electrons. The maximum atomic E-state index is 13.3. The highest BCUT2D eigenvalue weighted by Crippen LogP contribution is 2.24. The molecule has 2 N–H and O–H groups in total. The van der Waals surface area contributed by atoms with Crippen molar-refractivity contribution < 1.29 is 22.7 Å². The molecule has 2 amide bonds. The van der Waals surface area contributed by atoms with Crippen LogP contribution in [-0.4, -0.2) is 39.6 Å². The second kappa shape index (κ2) is 13.4. The van der Waals surface area contributed by atoms with Crippen molar-refractivity contribution in [3.05, 3.63) is 120 Å². The zero-order valence-corrected chi connectivity index (χ0v) is 22.7. The summed E-state index contributed by atoms with van der Waals surface area (Å²) in [6.07, 6.45) is 1.41. The van der Waals surface area contributed by atoms with Crippen LogP contribution in [0.5, 0.6) is 5.75 Å². The normalized spacial score (nSPS) is 11.1. The van der Waals surface area contributed by atoms with Crippen molar-refractivity contribution in [1.29, 1.82) is 0 Å². The summed E-state index contributed by atoms with van der Waals surface area (Å²) in [6.45, 7) is -0.653. The molecule has 9 nitrogen and oxygen atoms in total. The molecule has 4 aromatic rings. The van der Waals surface area contributed by atoms with Crippen LogP contribution in [0, 0.1) is 0 Å². The predicted molar refractivity (Wildman–Crippen MR) is 155 cm³/mol. The van der Waals surface area contributed by atoms with Crippen LogP contribution in [0.15, 0.2) is 119 Å². The molecule has 0 radical (unpaired) electrons. The lowest BCUT2D eigenvalue weighted by atomic mass is 10.2. The third-order valence-corrected chi connectivity index (χ3v) is 7.48. The van der Waals surface area contributed by atoms with Crippen LogP contribution in [0.3, 0.4) is 0 Å². The lowest BCUT2D eigenvalue weighted by Gasteiger charge is -2.23. The summed E-state index contributed by atoms with van der Waals surface area (Å²) in [7, 11) is -4.06. The van der Waals surface area contributed by atoms with Gasteiger partial charge in [0.1, 0.15) is 12.3 Å². The fraction of sp³-hybridized carbons (Fsp3) is 0.0690. The summed E-state index contributed by atoms with van der Waals surface area (Å²) >= 11 is 5.90. The van der Waals surface area contributed by atoms with Crippen LogP contribution in [-0.2, 0) is 19.6 Å². The summed E-state index contributed by atoms with van der Waals surface area (Å²) in [5.41, 5.74) is 4.01. The minimum atomic E-state index is -4.06. The van der Waals surface area contributed by atoms with E-state index in [4.69, 9.17) is 16.3 Å². The van der Waals surface area contributed by atoms with Crippen molar-refractivity contribution in [2.24, 2.45) is 5.10 Å². The molecule has 0 saturated carbocycles. The first kappa shape index (κ1) is 28.3. The van der Waals surface area contributed by atoms with Crippen molar-refractivity contribution >= 4 is 51.0 Å². The van der Waals surface area contributed by atoms with Gasteiger partial charge in [0.2, 0.25) is 0 Å². The Bertz CT molecular complexity index is 1560. The molecule has 0 saturated heterocycles. The SMILES string of the molecule is O=C(CN(c1ccccc1)S(=O)(=O)c1ccc(Cl)cc1)N/N=C\c1ccc(OCC(=O)Nc2ccccc2)cc1. The molecule has 0 aliphatic carbocycles. The summed E-state index contributed by atoms with van der Waals surface area (Å²) < 4.78 is 33.1. The number of carbonyl (C=O) groups is 2. The largest absolute Gasteiger partial charge is 0.484 e. The summed E-state index contributed by atoms with van der Waals surface area (Å²) in [5.74, 6) is -0.445. The summed E-state index contributed by atoms with van der Waals surface area (Å²) in [6, 6.07) is 29.8. The molecular weight excluding hydrogens is 552 g/mol. The first-order chi connectivity index (χ1) is 19.3. The number of hydrogen-bond donors (Lipinski definition) is 2. The Labute approximate surface area is 237 Å². The molecule has 4 aromatic carbocycles. The van der Waals surface area contributed by atoms with Crippen molar-refractivity contribution in [2.45, 2.75) is 4.90 Å². The number of nitrogens with one attached hydrogen (secondary N) is 2. The Morgan fingerprint density at radius 2 is 1.45 bits per heavy atom. The maximum Gasteiger partial charge on any atom is 0.264 e. The monoisotopic (exact) mass is 576 g/mol. The topological polar surface area (TPSA) is 117 Å². The van der Waals surface area contributed by atoms with Gasteiger partial charge in [0, 0.05) is 10.7 Å². The average Bonchev–Trinajstić information content (AvgIpc) is 2.96. The Kier molecular flexibility index (Phi) is 9.50. The van der Waals surface area contributed by atoms with Crippen molar-refractivity contribution in [3.8, 4) is 5.75 Å². The number of benzene rings is 4. The standard InChI is InChI=1S/C29H25ClN4O5S/c30-23-13-17-27(18-14-23)40(37,38)34(25-9-5-2-6-10-25)20-28(35)33-31-19-22-11-15-26(16-12-22)39-21-29(36)32-24-7-3-1-4-8-24/h1-19H,20-21H2,(H,32,36)(H,33,35)/b31-19-. The van der Waals surface area contributed by atoms with Gasteiger partial charge in [-0.2, -0.15) is 5.10 Å². The third kappa shape index (κ3) is 7.92. The van der Waals surface area contributed by atoms with Crippen molar-refractivity contribution in [1.82, 2.24) is 5.43 Å². The van der Waals surface area contributed by atoms with Crippen LogP contribution in [0.25, 0.3) is 0 Å². The zero-order chi connectivity index (χ0) is 28.4. The van der Waals surface area contributed by atoms with Gasteiger partial charge in [-0.25, -0.2) is 13.8 Å². The number of halogens is 1. The van der Waals surface area contributed by atoms with E-state index in [1.54, 1.807) is 66.7 Å². The van der Waals surface area contributed by atoms with Crippen LogP contribution in [0.1, 0.15) is 5.56 Å². The quantitative estimate of drug-likeness (QED) is 0.198. The van der Waals surface area contributed by atoms with E-state index in [-0.39, 0.29) is 17.4 Å². The van der Waals surface area contributed by atoms with E-state index >= 15 is 0 Å². The second-order valence-electron chi connectivity index (χ2n) is 8.37. The van der Waals surface area contributed by atoms with Gasteiger partial charge in [-0.3, -0.25) is 13.9 Å². The van der Waals surface area contributed by atoms with E-state index in [1.807, 2.05) is 18.2 Å². The van der Waals surface area contributed by atoms with Gasteiger partial charge >= 0.3 is 0 Å². The highest BCUT2D eigenvalue weighted by Gasteiger charge is 2.27. The number of carbonyl (C=O) groups excluding carboxylic acids is 2. The Morgan fingerprint density at radius 1 is 0.825 bits per heavy atom. The lowest BCUT2D eigenvalue weighted by molar-refractivity contribution is -0.119. The summed E-state index contributed by atoms with van der Waals surface area (Å²) in [5, 5.41) is 7.07. The fourth-order valence-electron chi connectivity index (χ4n) is 3.51. The number of anilines is 2. The molecule has 0 aliphatic heterocycles.